The lowest BCUT2D eigenvalue weighted by Gasteiger charge is -2.30. The van der Waals surface area contributed by atoms with Gasteiger partial charge in [-0.2, -0.15) is 0 Å². The Hall–Kier alpha value is -1.51. The van der Waals surface area contributed by atoms with Gasteiger partial charge in [0.15, 0.2) is 0 Å². The molecule has 2 rings (SSSR count). The van der Waals surface area contributed by atoms with Gasteiger partial charge in [0.2, 0.25) is 0 Å². The number of ether oxygens (including phenoxy) is 1. The molecule has 1 aromatic carbocycles. The molecule has 3 heteroatoms. The summed E-state index contributed by atoms with van der Waals surface area (Å²) in [6.07, 6.45) is 1.78. The molecule has 0 unspecified atom stereocenters. The van der Waals surface area contributed by atoms with Crippen molar-refractivity contribution >= 4 is 6.09 Å². The van der Waals surface area contributed by atoms with E-state index in [1.165, 1.54) is 12.7 Å². The van der Waals surface area contributed by atoms with E-state index in [1.54, 1.807) is 4.90 Å². The van der Waals surface area contributed by atoms with E-state index in [2.05, 4.69) is 12.1 Å². The largest absolute Gasteiger partial charge is 0.453 e. The molecule has 3 nitrogen and oxygen atoms in total. The molecule has 0 bridgehead atoms. The number of piperidine rings is 1. The highest BCUT2D eigenvalue weighted by Crippen LogP contribution is 2.27. The molecular formula is C13H16NO2. The maximum Gasteiger partial charge on any atom is 0.409 e. The minimum atomic E-state index is -0.213. The van der Waals surface area contributed by atoms with Crippen molar-refractivity contribution in [3.05, 3.63) is 35.9 Å². The Bertz CT molecular complexity index is 342. The Morgan fingerprint density at radius 2 is 2.19 bits per heavy atom. The van der Waals surface area contributed by atoms with Gasteiger partial charge in [0, 0.05) is 13.1 Å². The van der Waals surface area contributed by atoms with Crippen LogP contribution in [0, 0.1) is 6.07 Å². The van der Waals surface area contributed by atoms with Crippen LogP contribution in [0.3, 0.4) is 0 Å². The van der Waals surface area contributed by atoms with E-state index in [0.717, 1.165) is 25.9 Å². The van der Waals surface area contributed by atoms with Crippen LogP contribution in [0.2, 0.25) is 0 Å². The molecule has 1 amide bonds. The minimum Gasteiger partial charge on any atom is -0.453 e. The predicted molar refractivity (Wildman–Crippen MR) is 61.2 cm³/mol. The van der Waals surface area contributed by atoms with Crippen LogP contribution in [-0.4, -0.2) is 31.2 Å². The van der Waals surface area contributed by atoms with Gasteiger partial charge >= 0.3 is 6.09 Å². The molecule has 0 spiro atoms. The van der Waals surface area contributed by atoms with Crippen LogP contribution in [0.4, 0.5) is 4.79 Å². The van der Waals surface area contributed by atoms with E-state index in [1.807, 2.05) is 18.2 Å². The predicted octanol–water partition coefficient (Wildman–Crippen LogP) is 2.43. The third kappa shape index (κ3) is 2.35. The maximum absolute atomic E-state index is 11.3. The molecule has 0 aliphatic carbocycles. The molecule has 1 fully saturated rings. The molecule has 1 aromatic rings. The fraction of sp³-hybridized carbons (Fsp3) is 0.462. The topological polar surface area (TPSA) is 29.5 Å². The highest BCUT2D eigenvalue weighted by Gasteiger charge is 2.23. The second-order valence-corrected chi connectivity index (χ2v) is 4.05. The zero-order chi connectivity index (χ0) is 11.4. The third-order valence-electron chi connectivity index (χ3n) is 3.10. The maximum atomic E-state index is 11.3. The second kappa shape index (κ2) is 5.01. The van der Waals surface area contributed by atoms with E-state index < -0.39 is 0 Å². The van der Waals surface area contributed by atoms with E-state index >= 15 is 0 Å². The van der Waals surface area contributed by atoms with Crippen molar-refractivity contribution in [2.45, 2.75) is 18.8 Å². The summed E-state index contributed by atoms with van der Waals surface area (Å²) >= 11 is 0. The lowest BCUT2D eigenvalue weighted by Crippen LogP contribution is -2.37. The number of benzene rings is 1. The molecule has 0 saturated carbocycles. The normalized spacial score (nSPS) is 17.2. The molecule has 0 atom stereocenters. The molecule has 1 saturated heterocycles. The van der Waals surface area contributed by atoms with Crippen LogP contribution in [0.5, 0.6) is 0 Å². The van der Waals surface area contributed by atoms with Crippen molar-refractivity contribution in [1.29, 1.82) is 0 Å². The van der Waals surface area contributed by atoms with Gasteiger partial charge < -0.3 is 9.64 Å². The summed E-state index contributed by atoms with van der Waals surface area (Å²) < 4.78 is 4.71. The van der Waals surface area contributed by atoms with Crippen LogP contribution in [0.1, 0.15) is 24.3 Å². The molecular weight excluding hydrogens is 202 g/mol. The smallest absolute Gasteiger partial charge is 0.409 e. The summed E-state index contributed by atoms with van der Waals surface area (Å²) in [5, 5.41) is 0. The van der Waals surface area contributed by atoms with E-state index in [0.29, 0.717) is 5.92 Å². The van der Waals surface area contributed by atoms with Gasteiger partial charge in [-0.3, -0.25) is 0 Å². The van der Waals surface area contributed by atoms with Crippen LogP contribution in [0.15, 0.2) is 24.3 Å². The number of amides is 1. The van der Waals surface area contributed by atoms with E-state index in [-0.39, 0.29) is 6.09 Å². The zero-order valence-corrected chi connectivity index (χ0v) is 9.48. The number of hydrogen-bond acceptors (Lipinski definition) is 2. The van der Waals surface area contributed by atoms with Crippen LogP contribution < -0.4 is 0 Å². The Morgan fingerprint density at radius 3 is 2.75 bits per heavy atom. The quantitative estimate of drug-likeness (QED) is 0.724. The second-order valence-electron chi connectivity index (χ2n) is 4.05. The van der Waals surface area contributed by atoms with Crippen molar-refractivity contribution in [2.24, 2.45) is 0 Å². The number of carbonyl (C=O) groups is 1. The summed E-state index contributed by atoms with van der Waals surface area (Å²) in [6.45, 7) is 1.56. The summed E-state index contributed by atoms with van der Waals surface area (Å²) in [7, 11) is 1.43. The first-order valence-corrected chi connectivity index (χ1v) is 5.61. The number of rotatable bonds is 1. The Kier molecular flexibility index (Phi) is 3.44. The van der Waals surface area contributed by atoms with Crippen LogP contribution in [-0.2, 0) is 4.74 Å². The number of hydrogen-bond donors (Lipinski definition) is 0. The molecule has 16 heavy (non-hydrogen) atoms. The van der Waals surface area contributed by atoms with Gasteiger partial charge in [0.25, 0.3) is 0 Å². The van der Waals surface area contributed by atoms with Gasteiger partial charge in [-0.25, -0.2) is 4.79 Å². The third-order valence-corrected chi connectivity index (χ3v) is 3.10. The van der Waals surface area contributed by atoms with Crippen molar-refractivity contribution < 1.29 is 9.53 Å². The zero-order valence-electron chi connectivity index (χ0n) is 9.48. The van der Waals surface area contributed by atoms with E-state index in [9.17, 15) is 4.79 Å². The molecule has 1 aliphatic heterocycles. The number of carbonyl (C=O) groups excluding carboxylic acids is 1. The summed E-state index contributed by atoms with van der Waals surface area (Å²) in [5.41, 5.74) is 1.26. The fourth-order valence-electron chi connectivity index (χ4n) is 2.16. The van der Waals surface area contributed by atoms with Gasteiger partial charge in [-0.1, -0.05) is 24.3 Å². The Morgan fingerprint density at radius 1 is 1.44 bits per heavy atom. The van der Waals surface area contributed by atoms with Gasteiger partial charge in [0.1, 0.15) is 0 Å². The molecule has 0 N–H and O–H groups in total. The fourth-order valence-corrected chi connectivity index (χ4v) is 2.16. The average Bonchev–Trinajstić information content (AvgIpc) is 2.39. The number of nitrogens with zero attached hydrogens (tertiary/aromatic N) is 1. The van der Waals surface area contributed by atoms with Crippen LogP contribution in [0.25, 0.3) is 0 Å². The first-order chi connectivity index (χ1) is 7.81. The first-order valence-electron chi connectivity index (χ1n) is 5.61. The number of methoxy groups -OCH3 is 1. The lowest BCUT2D eigenvalue weighted by atomic mass is 9.90. The molecule has 0 aromatic heterocycles. The Balaban J connectivity index is 1.93. The van der Waals surface area contributed by atoms with Crippen molar-refractivity contribution in [3.8, 4) is 0 Å². The molecule has 1 radical (unpaired) electrons. The summed E-state index contributed by atoms with van der Waals surface area (Å²) in [5.74, 6) is 0.530. The standard InChI is InChI=1S/C13H16NO2/c1-16-13(15)14-9-7-12(8-10-14)11-5-3-2-4-6-11/h2-5,12H,7-10H2,1H3. The molecule has 1 heterocycles. The van der Waals surface area contributed by atoms with Gasteiger partial charge in [-0.05, 0) is 30.4 Å². The van der Waals surface area contributed by atoms with Crippen molar-refractivity contribution in [3.63, 3.8) is 0 Å². The molecule has 1 aliphatic rings. The van der Waals surface area contributed by atoms with E-state index in [4.69, 9.17) is 4.74 Å². The van der Waals surface area contributed by atoms with Gasteiger partial charge in [0.05, 0.1) is 7.11 Å². The first kappa shape index (κ1) is 11.0. The highest BCUT2D eigenvalue weighted by atomic mass is 16.5. The lowest BCUT2D eigenvalue weighted by molar-refractivity contribution is 0.112. The Labute approximate surface area is 96.0 Å². The highest BCUT2D eigenvalue weighted by molar-refractivity contribution is 5.67. The average molecular weight is 218 g/mol. The van der Waals surface area contributed by atoms with Crippen LogP contribution >= 0.6 is 0 Å². The number of likely N-dealkylation sites (tertiary alicyclic amines) is 1. The molecule has 85 valence electrons. The summed E-state index contributed by atoms with van der Waals surface area (Å²) in [4.78, 5) is 13.1. The van der Waals surface area contributed by atoms with Gasteiger partial charge in [-0.15, -0.1) is 0 Å². The summed E-state index contributed by atoms with van der Waals surface area (Å²) in [6, 6.07) is 11.3. The monoisotopic (exact) mass is 218 g/mol. The van der Waals surface area contributed by atoms with Crippen molar-refractivity contribution in [1.82, 2.24) is 4.90 Å². The van der Waals surface area contributed by atoms with Crippen molar-refractivity contribution in [2.75, 3.05) is 20.2 Å². The minimum absolute atomic E-state index is 0.213. The SMILES string of the molecule is COC(=O)N1CCC(c2[c]cccc2)CC1.